The Bertz CT molecular complexity index is 351. The number of benzene rings is 1. The molecule has 14 heavy (non-hydrogen) atoms. The highest BCUT2D eigenvalue weighted by Crippen LogP contribution is 2.24. The molecular formula is C12H16N2. The molecule has 0 atom stereocenters. The predicted octanol–water partition coefficient (Wildman–Crippen LogP) is 3.48. The van der Waals surface area contributed by atoms with Gasteiger partial charge in [0.25, 0.3) is 0 Å². The summed E-state index contributed by atoms with van der Waals surface area (Å²) >= 11 is 0. The van der Waals surface area contributed by atoms with Crippen LogP contribution >= 0.6 is 0 Å². The van der Waals surface area contributed by atoms with Gasteiger partial charge in [0.05, 0.1) is 5.69 Å². The molecule has 0 aromatic heterocycles. The van der Waals surface area contributed by atoms with Crippen LogP contribution in [0.3, 0.4) is 0 Å². The zero-order chi connectivity index (χ0) is 10.6. The fourth-order valence-corrected chi connectivity index (χ4v) is 1.23. The van der Waals surface area contributed by atoms with Crippen molar-refractivity contribution in [3.05, 3.63) is 29.3 Å². The van der Waals surface area contributed by atoms with E-state index in [4.69, 9.17) is 0 Å². The second-order valence-corrected chi connectivity index (χ2v) is 3.63. The molecule has 0 heterocycles. The lowest BCUT2D eigenvalue weighted by Gasteiger charge is -2.07. The Hall–Kier alpha value is -1.44. The molecule has 2 heteroatoms. The summed E-state index contributed by atoms with van der Waals surface area (Å²) in [7, 11) is 0. The first kappa shape index (κ1) is 10.6. The van der Waals surface area contributed by atoms with Crippen LogP contribution in [0.2, 0.25) is 0 Å². The van der Waals surface area contributed by atoms with Gasteiger partial charge >= 0.3 is 0 Å². The second-order valence-electron chi connectivity index (χ2n) is 3.63. The number of hydrogen-bond donors (Lipinski definition) is 0. The van der Waals surface area contributed by atoms with Crippen molar-refractivity contribution >= 4 is 18.7 Å². The summed E-state index contributed by atoms with van der Waals surface area (Å²) in [5.41, 5.74) is 3.43. The molecule has 1 aromatic rings. The molecule has 0 saturated carbocycles. The van der Waals surface area contributed by atoms with Gasteiger partial charge in [-0.25, -0.2) is 4.99 Å². The van der Waals surface area contributed by atoms with Crippen LogP contribution in [0.25, 0.3) is 0 Å². The van der Waals surface area contributed by atoms with Crippen molar-refractivity contribution in [3.63, 3.8) is 0 Å². The quantitative estimate of drug-likeness (QED) is 0.512. The van der Waals surface area contributed by atoms with Crippen molar-refractivity contribution in [2.75, 3.05) is 0 Å². The Balaban J connectivity index is 3.08. The molecular weight excluding hydrogens is 172 g/mol. The van der Waals surface area contributed by atoms with Gasteiger partial charge < -0.3 is 0 Å². The first-order valence-electron chi connectivity index (χ1n) is 4.74. The van der Waals surface area contributed by atoms with E-state index in [0.29, 0.717) is 5.92 Å². The molecule has 0 bridgehead atoms. The summed E-state index contributed by atoms with van der Waals surface area (Å²) in [5, 5.41) is 0. The van der Waals surface area contributed by atoms with Gasteiger partial charge in [0.15, 0.2) is 0 Å². The highest BCUT2D eigenvalue weighted by atomic mass is 14.8. The molecule has 0 radical (unpaired) electrons. The minimum Gasteiger partial charge on any atom is -0.253 e. The minimum atomic E-state index is 0.529. The molecule has 74 valence electrons. The minimum absolute atomic E-state index is 0.529. The van der Waals surface area contributed by atoms with Crippen molar-refractivity contribution in [3.8, 4) is 0 Å². The standard InChI is InChI=1S/C12H16N2/c1-9(2)11-6-5-10(3)12(7-11)14-8-13-4/h5-9H,4H2,1-3H3/b14-8-. The zero-order valence-corrected chi connectivity index (χ0v) is 8.99. The Morgan fingerprint density at radius 1 is 1.36 bits per heavy atom. The maximum atomic E-state index is 4.21. The Labute approximate surface area is 85.4 Å². The highest BCUT2D eigenvalue weighted by Gasteiger charge is 2.01. The number of aliphatic imine (C=N–C) groups is 2. The van der Waals surface area contributed by atoms with Crippen LogP contribution in [0, 0.1) is 6.92 Å². The van der Waals surface area contributed by atoms with Crippen LogP contribution in [-0.2, 0) is 0 Å². The van der Waals surface area contributed by atoms with Crippen LogP contribution in [0.15, 0.2) is 28.2 Å². The van der Waals surface area contributed by atoms with Crippen LogP contribution in [0.5, 0.6) is 0 Å². The van der Waals surface area contributed by atoms with Gasteiger partial charge in [0, 0.05) is 0 Å². The molecule has 0 aliphatic carbocycles. The molecule has 1 aromatic carbocycles. The molecule has 0 amide bonds. The van der Waals surface area contributed by atoms with E-state index < -0.39 is 0 Å². The molecule has 0 spiro atoms. The lowest BCUT2D eigenvalue weighted by atomic mass is 10.0. The van der Waals surface area contributed by atoms with E-state index in [1.807, 2.05) is 6.92 Å². The van der Waals surface area contributed by atoms with E-state index >= 15 is 0 Å². The Kier molecular flexibility index (Phi) is 3.57. The van der Waals surface area contributed by atoms with E-state index in [0.717, 1.165) is 11.3 Å². The summed E-state index contributed by atoms with van der Waals surface area (Å²) in [4.78, 5) is 7.82. The Morgan fingerprint density at radius 3 is 2.64 bits per heavy atom. The van der Waals surface area contributed by atoms with Crippen molar-refractivity contribution in [1.29, 1.82) is 0 Å². The normalized spacial score (nSPS) is 11.1. The van der Waals surface area contributed by atoms with Crippen LogP contribution in [0.1, 0.15) is 30.9 Å². The van der Waals surface area contributed by atoms with Gasteiger partial charge in [-0.1, -0.05) is 26.0 Å². The SMILES string of the molecule is C=N/C=N\c1cc(C(C)C)ccc1C. The average Bonchev–Trinajstić information content (AvgIpc) is 2.16. The van der Waals surface area contributed by atoms with E-state index in [2.05, 4.69) is 48.7 Å². The first-order chi connectivity index (χ1) is 6.65. The van der Waals surface area contributed by atoms with Gasteiger partial charge in [-0.3, -0.25) is 4.99 Å². The third-order valence-electron chi connectivity index (χ3n) is 2.18. The fraction of sp³-hybridized carbons (Fsp3) is 0.333. The van der Waals surface area contributed by atoms with Crippen molar-refractivity contribution in [2.45, 2.75) is 26.7 Å². The van der Waals surface area contributed by atoms with Gasteiger partial charge in [0.1, 0.15) is 6.34 Å². The third kappa shape index (κ3) is 2.52. The van der Waals surface area contributed by atoms with Crippen molar-refractivity contribution in [1.82, 2.24) is 0 Å². The van der Waals surface area contributed by atoms with E-state index in [-0.39, 0.29) is 0 Å². The molecule has 0 fully saturated rings. The molecule has 0 aliphatic rings. The lowest BCUT2D eigenvalue weighted by Crippen LogP contribution is -1.87. The molecule has 0 N–H and O–H groups in total. The first-order valence-corrected chi connectivity index (χ1v) is 4.74. The third-order valence-corrected chi connectivity index (χ3v) is 2.18. The average molecular weight is 188 g/mol. The van der Waals surface area contributed by atoms with E-state index in [1.165, 1.54) is 11.9 Å². The number of hydrogen-bond acceptors (Lipinski definition) is 1. The number of nitrogens with zero attached hydrogens (tertiary/aromatic N) is 2. The van der Waals surface area contributed by atoms with Gasteiger partial charge in [-0.2, -0.15) is 0 Å². The maximum absolute atomic E-state index is 4.21. The number of rotatable bonds is 3. The van der Waals surface area contributed by atoms with Crippen LogP contribution in [0.4, 0.5) is 5.69 Å². The maximum Gasteiger partial charge on any atom is 0.115 e. The zero-order valence-electron chi connectivity index (χ0n) is 8.99. The monoisotopic (exact) mass is 188 g/mol. The van der Waals surface area contributed by atoms with Crippen LogP contribution in [-0.4, -0.2) is 13.1 Å². The van der Waals surface area contributed by atoms with Crippen molar-refractivity contribution in [2.24, 2.45) is 9.98 Å². The predicted molar refractivity (Wildman–Crippen MR) is 63.0 cm³/mol. The molecule has 0 unspecified atom stereocenters. The molecule has 1 rings (SSSR count). The Morgan fingerprint density at radius 2 is 2.07 bits per heavy atom. The second kappa shape index (κ2) is 4.70. The summed E-state index contributed by atoms with van der Waals surface area (Å²) in [6.07, 6.45) is 1.48. The molecule has 0 aliphatic heterocycles. The van der Waals surface area contributed by atoms with E-state index in [9.17, 15) is 0 Å². The topological polar surface area (TPSA) is 24.7 Å². The largest absolute Gasteiger partial charge is 0.253 e. The van der Waals surface area contributed by atoms with Crippen molar-refractivity contribution < 1.29 is 0 Å². The number of aryl methyl sites for hydroxylation is 1. The summed E-state index contributed by atoms with van der Waals surface area (Å²) in [5.74, 6) is 0.529. The van der Waals surface area contributed by atoms with Gasteiger partial charge in [0.2, 0.25) is 0 Å². The molecule has 2 nitrogen and oxygen atoms in total. The molecule has 0 saturated heterocycles. The highest BCUT2D eigenvalue weighted by molar-refractivity contribution is 5.67. The van der Waals surface area contributed by atoms with Crippen LogP contribution < -0.4 is 0 Å². The smallest absolute Gasteiger partial charge is 0.115 e. The summed E-state index contributed by atoms with van der Waals surface area (Å²) < 4.78 is 0. The van der Waals surface area contributed by atoms with Gasteiger partial charge in [-0.05, 0) is 36.8 Å². The van der Waals surface area contributed by atoms with Gasteiger partial charge in [-0.15, -0.1) is 0 Å². The fourth-order valence-electron chi connectivity index (χ4n) is 1.23. The van der Waals surface area contributed by atoms with E-state index in [1.54, 1.807) is 0 Å². The lowest BCUT2D eigenvalue weighted by molar-refractivity contribution is 0.866. The summed E-state index contributed by atoms with van der Waals surface area (Å²) in [6, 6.07) is 6.33. The summed E-state index contributed by atoms with van der Waals surface area (Å²) in [6.45, 7) is 9.75.